The van der Waals surface area contributed by atoms with Crippen LogP contribution >= 0.6 is 28.1 Å². The van der Waals surface area contributed by atoms with Crippen molar-refractivity contribution in [3.05, 3.63) is 34.3 Å². The third kappa shape index (κ3) is 4.31. The molecule has 0 saturated carbocycles. The Morgan fingerprint density at radius 3 is 2.52 bits per heavy atom. The zero-order valence-corrected chi connectivity index (χ0v) is 16.4. The van der Waals surface area contributed by atoms with Gasteiger partial charge in [-0.2, -0.15) is 0 Å². The van der Waals surface area contributed by atoms with Crippen LogP contribution in [0.3, 0.4) is 0 Å². The highest BCUT2D eigenvalue weighted by Crippen LogP contribution is 2.27. The lowest BCUT2D eigenvalue weighted by atomic mass is 10.2. The van der Waals surface area contributed by atoms with Gasteiger partial charge in [-0.25, -0.2) is 0 Å². The first-order valence-corrected chi connectivity index (χ1v) is 8.98. The molecule has 6 heteroatoms. The lowest BCUT2D eigenvalue weighted by Gasteiger charge is -2.30. The Balaban J connectivity index is 2.30. The van der Waals surface area contributed by atoms with E-state index in [1.54, 1.807) is 4.90 Å². The monoisotopic (exact) mass is 398 g/mol. The van der Waals surface area contributed by atoms with Gasteiger partial charge in [-0.05, 0) is 51.0 Å². The summed E-state index contributed by atoms with van der Waals surface area (Å²) in [5, 5.41) is 0.543. The maximum Gasteiger partial charge on any atom is 0.279 e. The molecule has 4 nitrogen and oxygen atoms in total. The molecule has 2 rings (SSSR count). The summed E-state index contributed by atoms with van der Waals surface area (Å²) in [6.45, 7) is 9.03. The zero-order chi connectivity index (χ0) is 17.2. The number of nitrogens with zero attached hydrogens (tertiary/aromatic N) is 2. The normalized spacial score (nSPS) is 18.9. The second kappa shape index (κ2) is 7.28. The lowest BCUT2D eigenvalue weighted by Crippen LogP contribution is -2.41. The Hall–Kier alpha value is -0.980. The van der Waals surface area contributed by atoms with Crippen molar-refractivity contribution >= 4 is 39.2 Å². The first kappa shape index (κ1) is 18.4. The highest BCUT2D eigenvalue weighted by molar-refractivity contribution is 9.10. The van der Waals surface area contributed by atoms with Gasteiger partial charge in [0, 0.05) is 17.6 Å². The van der Waals surface area contributed by atoms with Gasteiger partial charge in [0.1, 0.15) is 0 Å². The summed E-state index contributed by atoms with van der Waals surface area (Å²) in [5.41, 5.74) is 0.646. The van der Waals surface area contributed by atoms with E-state index in [1.165, 1.54) is 0 Å². The van der Waals surface area contributed by atoms with Gasteiger partial charge in [0.05, 0.1) is 5.60 Å². The summed E-state index contributed by atoms with van der Waals surface area (Å²) < 4.78 is 7.01. The quantitative estimate of drug-likeness (QED) is 0.703. The average molecular weight is 399 g/mol. The van der Waals surface area contributed by atoms with Crippen LogP contribution in [0.2, 0.25) is 0 Å². The predicted molar refractivity (Wildman–Crippen MR) is 98.9 cm³/mol. The van der Waals surface area contributed by atoms with Crippen LogP contribution in [0.5, 0.6) is 0 Å². The van der Waals surface area contributed by atoms with Gasteiger partial charge in [0.2, 0.25) is 6.23 Å². The Morgan fingerprint density at radius 1 is 1.30 bits per heavy atom. The fourth-order valence-electron chi connectivity index (χ4n) is 2.46. The third-order valence-electron chi connectivity index (χ3n) is 3.45. The molecule has 1 aliphatic rings. The van der Waals surface area contributed by atoms with Gasteiger partial charge in [0.15, 0.2) is 5.11 Å². The molecule has 0 aliphatic carbocycles. The van der Waals surface area contributed by atoms with E-state index in [1.807, 2.05) is 56.9 Å². The Morgan fingerprint density at radius 2 is 1.96 bits per heavy atom. The van der Waals surface area contributed by atoms with Crippen molar-refractivity contribution in [3.63, 3.8) is 0 Å². The molecule has 0 bridgehead atoms. The second-order valence-electron chi connectivity index (χ2n) is 6.57. The molecule has 1 heterocycles. The van der Waals surface area contributed by atoms with Crippen LogP contribution in [-0.2, 0) is 16.1 Å². The van der Waals surface area contributed by atoms with E-state index in [0.717, 1.165) is 16.5 Å². The minimum Gasteiger partial charge on any atom is -0.344 e. The van der Waals surface area contributed by atoms with E-state index < -0.39 is 11.8 Å². The number of carbonyl (C=O) groups is 1. The SMILES string of the molecule is CCCN1C(=O)C(OC(C)(C)C)N(Cc2ccccc2Br)C1=S. The van der Waals surface area contributed by atoms with Crippen molar-refractivity contribution in [2.75, 3.05) is 6.54 Å². The number of thiocarbonyl (C=S) groups is 1. The molecule has 1 fully saturated rings. The van der Waals surface area contributed by atoms with Crippen LogP contribution in [0.4, 0.5) is 0 Å². The number of hydrogen-bond donors (Lipinski definition) is 0. The van der Waals surface area contributed by atoms with Gasteiger partial charge >= 0.3 is 0 Å². The van der Waals surface area contributed by atoms with Gasteiger partial charge in [-0.15, -0.1) is 0 Å². The summed E-state index contributed by atoms with van der Waals surface area (Å²) in [4.78, 5) is 16.3. The molecular weight excluding hydrogens is 376 g/mol. The Kier molecular flexibility index (Phi) is 5.81. The highest BCUT2D eigenvalue weighted by Gasteiger charge is 2.44. The average Bonchev–Trinajstić information content (AvgIpc) is 2.66. The molecule has 126 valence electrons. The topological polar surface area (TPSA) is 32.8 Å². The molecule has 23 heavy (non-hydrogen) atoms. The minimum absolute atomic E-state index is 0.0705. The summed E-state index contributed by atoms with van der Waals surface area (Å²) in [7, 11) is 0. The van der Waals surface area contributed by atoms with Crippen LogP contribution in [0.1, 0.15) is 39.7 Å². The third-order valence-corrected chi connectivity index (χ3v) is 4.68. The van der Waals surface area contributed by atoms with Crippen molar-refractivity contribution < 1.29 is 9.53 Å². The molecule has 1 unspecified atom stereocenters. The van der Waals surface area contributed by atoms with Crippen molar-refractivity contribution in [1.82, 2.24) is 9.80 Å². The number of halogens is 1. The molecule has 1 amide bonds. The molecule has 0 spiro atoms. The zero-order valence-electron chi connectivity index (χ0n) is 14.0. The van der Waals surface area contributed by atoms with Crippen LogP contribution < -0.4 is 0 Å². The minimum atomic E-state index is -0.666. The van der Waals surface area contributed by atoms with Crippen LogP contribution in [-0.4, -0.2) is 39.2 Å². The van der Waals surface area contributed by atoms with Gasteiger partial charge in [-0.1, -0.05) is 41.1 Å². The highest BCUT2D eigenvalue weighted by atomic mass is 79.9. The van der Waals surface area contributed by atoms with Crippen molar-refractivity contribution in [1.29, 1.82) is 0 Å². The molecule has 1 saturated heterocycles. The number of ether oxygens (including phenoxy) is 1. The molecule has 1 aromatic carbocycles. The maximum atomic E-state index is 12.7. The number of hydrogen-bond acceptors (Lipinski definition) is 3. The fraction of sp³-hybridized carbons (Fsp3) is 0.529. The molecule has 1 aliphatic heterocycles. The maximum absolute atomic E-state index is 12.7. The predicted octanol–water partition coefficient (Wildman–Crippen LogP) is 3.93. The standard InChI is InChI=1S/C17H23BrN2O2S/c1-5-10-19-14(21)15(22-17(2,3)4)20(16(19)23)11-12-8-6-7-9-13(12)18/h6-9,15H,5,10-11H2,1-4H3. The summed E-state index contributed by atoms with van der Waals surface area (Å²) in [6.07, 6.45) is 0.193. The van der Waals surface area contributed by atoms with Crippen molar-refractivity contribution in [2.45, 2.75) is 52.5 Å². The lowest BCUT2D eigenvalue weighted by molar-refractivity contribution is -0.156. The first-order valence-electron chi connectivity index (χ1n) is 7.78. The molecule has 0 aromatic heterocycles. The van der Waals surface area contributed by atoms with Crippen molar-refractivity contribution in [3.8, 4) is 0 Å². The van der Waals surface area contributed by atoms with Gasteiger partial charge < -0.3 is 9.64 Å². The molecule has 1 aromatic rings. The Bertz CT molecular complexity index is 601. The largest absolute Gasteiger partial charge is 0.344 e. The van der Waals surface area contributed by atoms with Crippen LogP contribution in [0, 0.1) is 0 Å². The summed E-state index contributed by atoms with van der Waals surface area (Å²) in [6, 6.07) is 7.95. The number of amides is 1. The number of carbonyl (C=O) groups excluding carboxylic acids is 1. The van der Waals surface area contributed by atoms with E-state index in [2.05, 4.69) is 15.9 Å². The van der Waals surface area contributed by atoms with E-state index in [4.69, 9.17) is 17.0 Å². The summed E-state index contributed by atoms with van der Waals surface area (Å²) >= 11 is 9.11. The Labute approximate surface area is 151 Å². The number of rotatable bonds is 5. The molecule has 1 atom stereocenters. The van der Waals surface area contributed by atoms with Crippen molar-refractivity contribution in [2.24, 2.45) is 0 Å². The van der Waals surface area contributed by atoms with Crippen LogP contribution in [0.15, 0.2) is 28.7 Å². The number of benzene rings is 1. The summed E-state index contributed by atoms with van der Waals surface area (Å²) in [5.74, 6) is -0.0705. The molecule has 0 N–H and O–H groups in total. The molecule has 0 radical (unpaired) electrons. The second-order valence-corrected chi connectivity index (χ2v) is 7.79. The molecular formula is C17H23BrN2O2S. The van der Waals surface area contributed by atoms with E-state index in [0.29, 0.717) is 18.2 Å². The van der Waals surface area contributed by atoms with E-state index >= 15 is 0 Å². The van der Waals surface area contributed by atoms with Crippen LogP contribution in [0.25, 0.3) is 0 Å². The first-order chi connectivity index (χ1) is 10.7. The van der Waals surface area contributed by atoms with E-state index in [-0.39, 0.29) is 5.91 Å². The smallest absolute Gasteiger partial charge is 0.279 e. The van der Waals surface area contributed by atoms with E-state index in [9.17, 15) is 4.79 Å². The van der Waals surface area contributed by atoms with Gasteiger partial charge in [-0.3, -0.25) is 9.69 Å². The van der Waals surface area contributed by atoms with Gasteiger partial charge in [0.25, 0.3) is 5.91 Å². The fourth-order valence-corrected chi connectivity index (χ4v) is 3.21.